The minimum atomic E-state index is -0.0965. The van der Waals surface area contributed by atoms with Gasteiger partial charge in [-0.2, -0.15) is 0 Å². The summed E-state index contributed by atoms with van der Waals surface area (Å²) >= 11 is 0. The third kappa shape index (κ3) is 7.82. The van der Waals surface area contributed by atoms with Crippen molar-refractivity contribution in [1.29, 1.82) is 0 Å². The minimum Gasteiger partial charge on any atom is -0.465 e. The molecular formula is C11H22O2. The number of carbonyl (C=O) groups is 1. The lowest BCUT2D eigenvalue weighted by molar-refractivity contribution is -0.144. The van der Waals surface area contributed by atoms with E-state index < -0.39 is 0 Å². The lowest BCUT2D eigenvalue weighted by Gasteiger charge is -2.22. The van der Waals surface area contributed by atoms with Crippen LogP contribution < -0.4 is 0 Å². The highest BCUT2D eigenvalue weighted by Gasteiger charge is 2.16. The maximum absolute atomic E-state index is 10.9. The highest BCUT2D eigenvalue weighted by atomic mass is 16.5. The van der Waals surface area contributed by atoms with Gasteiger partial charge in [-0.1, -0.05) is 34.6 Å². The first-order chi connectivity index (χ1) is 5.85. The van der Waals surface area contributed by atoms with E-state index in [0.717, 1.165) is 6.42 Å². The summed E-state index contributed by atoms with van der Waals surface area (Å²) in [6, 6.07) is 0. The van der Waals surface area contributed by atoms with Crippen LogP contribution in [0.3, 0.4) is 0 Å². The molecule has 2 heteroatoms. The number of ether oxygens (including phenoxy) is 1. The normalized spacial score (nSPS) is 13.9. The van der Waals surface area contributed by atoms with Gasteiger partial charge in [0.2, 0.25) is 0 Å². The van der Waals surface area contributed by atoms with Crippen LogP contribution in [0.1, 0.15) is 47.5 Å². The Kier molecular flexibility index (Phi) is 5.04. The summed E-state index contributed by atoms with van der Waals surface area (Å²) in [5.41, 5.74) is 0.317. The summed E-state index contributed by atoms with van der Waals surface area (Å²) in [6.45, 7) is 11.1. The van der Waals surface area contributed by atoms with Crippen LogP contribution in [-0.2, 0) is 9.53 Å². The van der Waals surface area contributed by atoms with Crippen LogP contribution in [0.4, 0.5) is 0 Å². The van der Waals surface area contributed by atoms with Crippen LogP contribution >= 0.6 is 0 Å². The lowest BCUT2D eigenvalue weighted by Crippen LogP contribution is -2.17. The molecule has 0 radical (unpaired) electrons. The predicted molar refractivity (Wildman–Crippen MR) is 54.5 cm³/mol. The highest BCUT2D eigenvalue weighted by Crippen LogP contribution is 2.24. The summed E-state index contributed by atoms with van der Waals surface area (Å²) in [5.74, 6) is 0.358. The monoisotopic (exact) mass is 186 g/mol. The van der Waals surface area contributed by atoms with Gasteiger partial charge in [0.05, 0.1) is 6.61 Å². The van der Waals surface area contributed by atoms with E-state index in [2.05, 4.69) is 27.7 Å². The molecule has 78 valence electrons. The van der Waals surface area contributed by atoms with Gasteiger partial charge in [-0.3, -0.25) is 4.79 Å². The fourth-order valence-corrected chi connectivity index (χ4v) is 1.44. The molecular weight excluding hydrogens is 164 g/mol. The number of esters is 1. The van der Waals surface area contributed by atoms with Crippen molar-refractivity contribution in [2.24, 2.45) is 11.3 Å². The molecule has 0 spiro atoms. The van der Waals surface area contributed by atoms with Crippen molar-refractivity contribution in [3.05, 3.63) is 0 Å². The Morgan fingerprint density at radius 2 is 1.92 bits per heavy atom. The molecule has 13 heavy (non-hydrogen) atoms. The van der Waals surface area contributed by atoms with Gasteiger partial charge in [0, 0.05) is 6.42 Å². The summed E-state index contributed by atoms with van der Waals surface area (Å²) in [4.78, 5) is 10.9. The van der Waals surface area contributed by atoms with Gasteiger partial charge < -0.3 is 4.74 Å². The Bertz CT molecular complexity index is 156. The second kappa shape index (κ2) is 5.25. The lowest BCUT2D eigenvalue weighted by atomic mass is 9.86. The van der Waals surface area contributed by atoms with Crippen LogP contribution in [0.25, 0.3) is 0 Å². The van der Waals surface area contributed by atoms with Gasteiger partial charge in [0.25, 0.3) is 0 Å². The van der Waals surface area contributed by atoms with Gasteiger partial charge in [-0.25, -0.2) is 0 Å². The Morgan fingerprint density at radius 1 is 1.38 bits per heavy atom. The molecule has 0 N–H and O–H groups in total. The number of hydrogen-bond acceptors (Lipinski definition) is 2. The Morgan fingerprint density at radius 3 is 2.31 bits per heavy atom. The number of carbonyl (C=O) groups excluding carboxylic acids is 1. The zero-order chi connectivity index (χ0) is 10.5. The molecule has 0 aliphatic heterocycles. The fraction of sp³-hybridized carbons (Fsp3) is 0.909. The van der Waals surface area contributed by atoms with E-state index in [9.17, 15) is 4.79 Å². The third-order valence-corrected chi connectivity index (χ3v) is 1.78. The summed E-state index contributed by atoms with van der Waals surface area (Å²) in [5, 5.41) is 0. The Balaban J connectivity index is 3.63. The molecule has 0 rings (SSSR count). The molecule has 0 amide bonds. The number of hydrogen-bond donors (Lipinski definition) is 0. The van der Waals surface area contributed by atoms with Crippen LogP contribution in [0.15, 0.2) is 0 Å². The van der Waals surface area contributed by atoms with Crippen LogP contribution in [0, 0.1) is 11.3 Å². The van der Waals surface area contributed by atoms with Crippen LogP contribution in [0.2, 0.25) is 0 Å². The average molecular weight is 186 g/mol. The molecule has 2 nitrogen and oxygen atoms in total. The third-order valence-electron chi connectivity index (χ3n) is 1.78. The molecule has 0 fully saturated rings. The van der Waals surface area contributed by atoms with Crippen molar-refractivity contribution in [1.82, 2.24) is 0 Å². The van der Waals surface area contributed by atoms with Crippen LogP contribution in [-0.4, -0.2) is 12.6 Å². The molecule has 0 saturated carbocycles. The smallest absolute Gasteiger partial charge is 0.305 e. The highest BCUT2D eigenvalue weighted by molar-refractivity contribution is 5.68. The van der Waals surface area contributed by atoms with E-state index >= 15 is 0 Å². The standard InChI is InChI=1S/C11H22O2/c1-6-10(12)13-8-9(2)7-11(3,4)5/h9H,6-8H2,1-5H3. The largest absolute Gasteiger partial charge is 0.465 e. The van der Waals surface area contributed by atoms with E-state index in [1.54, 1.807) is 0 Å². The fourth-order valence-electron chi connectivity index (χ4n) is 1.44. The molecule has 0 aromatic heterocycles. The predicted octanol–water partition coefficient (Wildman–Crippen LogP) is 3.01. The molecule has 0 aromatic carbocycles. The molecule has 0 bridgehead atoms. The molecule has 0 heterocycles. The van der Waals surface area contributed by atoms with Gasteiger partial charge in [-0.05, 0) is 17.8 Å². The van der Waals surface area contributed by atoms with Crippen molar-refractivity contribution in [3.8, 4) is 0 Å². The zero-order valence-electron chi connectivity index (χ0n) is 9.52. The first-order valence-corrected chi connectivity index (χ1v) is 5.00. The van der Waals surface area contributed by atoms with Gasteiger partial charge in [0.1, 0.15) is 0 Å². The SMILES string of the molecule is CCC(=O)OCC(C)CC(C)(C)C. The van der Waals surface area contributed by atoms with E-state index in [4.69, 9.17) is 4.74 Å². The first-order valence-electron chi connectivity index (χ1n) is 5.00. The average Bonchev–Trinajstić information content (AvgIpc) is 1.97. The Labute approximate surface area is 81.7 Å². The van der Waals surface area contributed by atoms with Gasteiger partial charge in [-0.15, -0.1) is 0 Å². The van der Waals surface area contributed by atoms with Crippen molar-refractivity contribution in [2.75, 3.05) is 6.61 Å². The summed E-state index contributed by atoms with van der Waals surface area (Å²) in [6.07, 6.45) is 1.56. The van der Waals surface area contributed by atoms with Crippen molar-refractivity contribution in [2.45, 2.75) is 47.5 Å². The van der Waals surface area contributed by atoms with Crippen molar-refractivity contribution >= 4 is 5.97 Å². The maximum atomic E-state index is 10.9. The number of rotatable bonds is 4. The van der Waals surface area contributed by atoms with Crippen molar-refractivity contribution in [3.63, 3.8) is 0 Å². The summed E-state index contributed by atoms with van der Waals surface area (Å²) in [7, 11) is 0. The Hall–Kier alpha value is -0.530. The van der Waals surface area contributed by atoms with Crippen molar-refractivity contribution < 1.29 is 9.53 Å². The second-order valence-corrected chi connectivity index (χ2v) is 4.91. The molecule has 1 atom stereocenters. The molecule has 0 aliphatic carbocycles. The molecule has 0 aromatic rings. The van der Waals surface area contributed by atoms with Gasteiger partial charge in [0.15, 0.2) is 0 Å². The van der Waals surface area contributed by atoms with E-state index in [0.29, 0.717) is 24.4 Å². The van der Waals surface area contributed by atoms with Crippen LogP contribution in [0.5, 0.6) is 0 Å². The molecule has 0 aliphatic rings. The maximum Gasteiger partial charge on any atom is 0.305 e. The molecule has 1 unspecified atom stereocenters. The van der Waals surface area contributed by atoms with E-state index in [1.807, 2.05) is 6.92 Å². The zero-order valence-corrected chi connectivity index (χ0v) is 9.52. The first kappa shape index (κ1) is 12.5. The minimum absolute atomic E-state index is 0.0965. The summed E-state index contributed by atoms with van der Waals surface area (Å²) < 4.78 is 5.06. The van der Waals surface area contributed by atoms with E-state index in [1.165, 1.54) is 0 Å². The topological polar surface area (TPSA) is 26.3 Å². The van der Waals surface area contributed by atoms with Gasteiger partial charge >= 0.3 is 5.97 Å². The van der Waals surface area contributed by atoms with E-state index in [-0.39, 0.29) is 5.97 Å². The second-order valence-electron chi connectivity index (χ2n) is 4.91. The molecule has 0 saturated heterocycles. The quantitative estimate of drug-likeness (QED) is 0.631.